The summed E-state index contributed by atoms with van der Waals surface area (Å²) in [6.07, 6.45) is -9.71. The molecule has 33 heavy (non-hydrogen) atoms. The van der Waals surface area contributed by atoms with Gasteiger partial charge in [-0.15, -0.1) is 0 Å². The number of nitrogens with one attached hydrogen (secondary N) is 1. The highest BCUT2D eigenvalue weighted by Crippen LogP contribution is 2.50. The third-order valence-corrected chi connectivity index (χ3v) is 6.45. The highest BCUT2D eigenvalue weighted by Gasteiger charge is 2.59. The van der Waals surface area contributed by atoms with Crippen molar-refractivity contribution >= 4 is 46.7 Å². The molecule has 0 radical (unpaired) electrons. The minimum absolute atomic E-state index is 0.0598. The van der Waals surface area contributed by atoms with E-state index in [1.54, 1.807) is 0 Å². The fourth-order valence-corrected chi connectivity index (χ4v) is 4.20. The number of rotatable bonds is 4. The maximum atomic E-state index is 14.3. The van der Waals surface area contributed by atoms with Gasteiger partial charge in [-0.05, 0) is 31.0 Å². The summed E-state index contributed by atoms with van der Waals surface area (Å²) in [5, 5.41) is 1.72. The molecule has 1 aliphatic rings. The molecule has 1 fully saturated rings. The molecule has 1 N–H and O–H groups in total. The number of benzene rings is 1. The molecule has 1 unspecified atom stereocenters. The van der Waals surface area contributed by atoms with Gasteiger partial charge >= 0.3 is 12.4 Å². The first-order valence-electron chi connectivity index (χ1n) is 9.40. The Balaban J connectivity index is 2.05. The molecule has 1 aliphatic heterocycles. The van der Waals surface area contributed by atoms with Crippen molar-refractivity contribution in [3.8, 4) is 0 Å². The van der Waals surface area contributed by atoms with E-state index in [4.69, 9.17) is 34.8 Å². The quantitative estimate of drug-likeness (QED) is 0.390. The number of carbonyl (C=O) groups is 1. The van der Waals surface area contributed by atoms with Crippen molar-refractivity contribution in [1.82, 2.24) is 15.3 Å². The third kappa shape index (κ3) is 4.81. The van der Waals surface area contributed by atoms with Crippen LogP contribution in [0.15, 0.2) is 18.3 Å². The van der Waals surface area contributed by atoms with Gasteiger partial charge in [0, 0.05) is 25.8 Å². The van der Waals surface area contributed by atoms with Crippen LogP contribution in [0.1, 0.15) is 35.0 Å². The largest absolute Gasteiger partial charge is 0.434 e. The highest BCUT2D eigenvalue weighted by molar-refractivity contribution is 6.48. The first-order valence-corrected chi connectivity index (χ1v) is 10.5. The van der Waals surface area contributed by atoms with Crippen molar-refractivity contribution < 1.29 is 31.1 Å². The van der Waals surface area contributed by atoms with Gasteiger partial charge in [0.2, 0.25) is 5.95 Å². The standard InChI is InChI=1S/C19H15Cl3F6N4O/c1-2-29-15(33)10-7-30-16(31-14(10)18(23,24)25)32-4-3-17(8-32,19(26,27)28)9-5-11(20)13(22)12(21)6-9/h5-7H,2-4,8H2,1H3,(H,29,33). The van der Waals surface area contributed by atoms with Gasteiger partial charge in [-0.2, -0.15) is 26.3 Å². The molecule has 1 atom stereocenters. The van der Waals surface area contributed by atoms with E-state index in [1.165, 1.54) is 6.92 Å². The maximum Gasteiger partial charge on any atom is 0.434 e. The fourth-order valence-electron chi connectivity index (χ4n) is 3.61. The zero-order valence-electron chi connectivity index (χ0n) is 16.7. The van der Waals surface area contributed by atoms with E-state index in [-0.39, 0.29) is 33.7 Å². The molecule has 1 amide bonds. The molecular weight excluding hydrogens is 521 g/mol. The molecule has 1 aromatic carbocycles. The summed E-state index contributed by atoms with van der Waals surface area (Å²) >= 11 is 17.7. The highest BCUT2D eigenvalue weighted by atomic mass is 35.5. The zero-order chi connectivity index (χ0) is 24.8. The molecule has 1 saturated heterocycles. The van der Waals surface area contributed by atoms with E-state index >= 15 is 0 Å². The van der Waals surface area contributed by atoms with Gasteiger partial charge in [-0.25, -0.2) is 9.97 Å². The lowest BCUT2D eigenvalue weighted by molar-refractivity contribution is -0.184. The van der Waals surface area contributed by atoms with Crippen LogP contribution < -0.4 is 10.2 Å². The molecule has 0 spiro atoms. The first-order chi connectivity index (χ1) is 15.2. The normalized spacial score (nSPS) is 19.2. The molecule has 180 valence electrons. The van der Waals surface area contributed by atoms with Crippen LogP contribution in [-0.2, 0) is 11.6 Å². The lowest BCUT2D eigenvalue weighted by atomic mass is 9.79. The average Bonchev–Trinajstić information content (AvgIpc) is 3.17. The number of aromatic nitrogens is 2. The Labute approximate surface area is 199 Å². The second kappa shape index (κ2) is 8.99. The second-order valence-corrected chi connectivity index (χ2v) is 8.49. The molecule has 0 bridgehead atoms. The molecule has 14 heteroatoms. The smallest absolute Gasteiger partial charge is 0.352 e. The summed E-state index contributed by atoms with van der Waals surface area (Å²) in [6.45, 7) is 0.471. The summed E-state index contributed by atoms with van der Waals surface area (Å²) in [4.78, 5) is 20.1. The first kappa shape index (κ1) is 25.6. The molecule has 1 aromatic heterocycles. The van der Waals surface area contributed by atoms with Crippen molar-refractivity contribution in [3.05, 3.63) is 50.2 Å². The summed E-state index contributed by atoms with van der Waals surface area (Å²) in [5.41, 5.74) is -5.16. The van der Waals surface area contributed by atoms with Gasteiger partial charge in [-0.1, -0.05) is 34.8 Å². The number of nitrogens with zero attached hydrogens (tertiary/aromatic N) is 3. The van der Waals surface area contributed by atoms with Gasteiger partial charge in [-0.3, -0.25) is 4.79 Å². The van der Waals surface area contributed by atoms with Crippen molar-refractivity contribution in [2.75, 3.05) is 24.5 Å². The van der Waals surface area contributed by atoms with Crippen LogP contribution in [0, 0.1) is 0 Å². The molecule has 2 aromatic rings. The predicted octanol–water partition coefficient (Wildman–Crippen LogP) is 5.92. The fraction of sp³-hybridized carbons (Fsp3) is 0.421. The van der Waals surface area contributed by atoms with E-state index < -0.39 is 53.8 Å². The van der Waals surface area contributed by atoms with Gasteiger partial charge in [0.1, 0.15) is 5.41 Å². The Bertz CT molecular complexity index is 1060. The predicted molar refractivity (Wildman–Crippen MR) is 111 cm³/mol. The minimum atomic E-state index is -5.03. The van der Waals surface area contributed by atoms with E-state index in [0.717, 1.165) is 17.0 Å². The number of halogens is 9. The topological polar surface area (TPSA) is 58.1 Å². The third-order valence-electron chi connectivity index (χ3n) is 5.26. The number of amides is 1. The summed E-state index contributed by atoms with van der Waals surface area (Å²) < 4.78 is 83.4. The molecule has 0 saturated carbocycles. The van der Waals surface area contributed by atoms with Crippen molar-refractivity contribution in [2.24, 2.45) is 0 Å². The lowest BCUT2D eigenvalue weighted by Gasteiger charge is -2.32. The Morgan fingerprint density at radius 1 is 1.15 bits per heavy atom. The number of hydrogen-bond acceptors (Lipinski definition) is 4. The molecule has 2 heterocycles. The van der Waals surface area contributed by atoms with Crippen molar-refractivity contribution in [3.63, 3.8) is 0 Å². The second-order valence-electron chi connectivity index (χ2n) is 7.29. The van der Waals surface area contributed by atoms with Gasteiger partial charge in [0.15, 0.2) is 5.69 Å². The summed E-state index contributed by atoms with van der Waals surface area (Å²) in [5.74, 6) is -1.64. The van der Waals surface area contributed by atoms with Crippen molar-refractivity contribution in [2.45, 2.75) is 31.1 Å². The molecule has 3 rings (SSSR count). The molecule has 5 nitrogen and oxygen atoms in total. The van der Waals surface area contributed by atoms with Crippen LogP contribution >= 0.6 is 34.8 Å². The Morgan fingerprint density at radius 2 is 1.76 bits per heavy atom. The van der Waals surface area contributed by atoms with Crippen LogP contribution in [0.4, 0.5) is 32.3 Å². The SMILES string of the molecule is CCNC(=O)c1cnc(N2CCC(c3cc(Cl)c(Cl)c(Cl)c3)(C(F)(F)F)C2)nc1C(F)(F)F. The minimum Gasteiger partial charge on any atom is -0.352 e. The van der Waals surface area contributed by atoms with E-state index in [1.807, 2.05) is 0 Å². The Morgan fingerprint density at radius 3 is 2.27 bits per heavy atom. The number of hydrogen-bond donors (Lipinski definition) is 1. The lowest BCUT2D eigenvalue weighted by Crippen LogP contribution is -2.45. The summed E-state index contributed by atoms with van der Waals surface area (Å²) in [6, 6.07) is 2.07. The van der Waals surface area contributed by atoms with Gasteiger partial charge in [0.05, 0.1) is 20.6 Å². The van der Waals surface area contributed by atoms with E-state index in [9.17, 15) is 31.1 Å². The van der Waals surface area contributed by atoms with Crippen LogP contribution in [0.3, 0.4) is 0 Å². The zero-order valence-corrected chi connectivity index (χ0v) is 19.0. The molecular formula is C19H15Cl3F6N4O. The van der Waals surface area contributed by atoms with E-state index in [0.29, 0.717) is 6.20 Å². The van der Waals surface area contributed by atoms with Crippen LogP contribution in [0.5, 0.6) is 0 Å². The molecule has 0 aliphatic carbocycles. The van der Waals surface area contributed by atoms with Crippen LogP contribution in [-0.4, -0.2) is 41.7 Å². The van der Waals surface area contributed by atoms with Crippen LogP contribution in [0.25, 0.3) is 0 Å². The Kier molecular flexibility index (Phi) is 6.99. The number of alkyl halides is 6. The maximum absolute atomic E-state index is 14.3. The summed E-state index contributed by atoms with van der Waals surface area (Å²) in [7, 11) is 0. The van der Waals surface area contributed by atoms with Gasteiger partial charge < -0.3 is 10.2 Å². The number of anilines is 1. The van der Waals surface area contributed by atoms with Crippen molar-refractivity contribution in [1.29, 1.82) is 0 Å². The average molecular weight is 536 g/mol. The van der Waals surface area contributed by atoms with Gasteiger partial charge in [0.25, 0.3) is 5.91 Å². The van der Waals surface area contributed by atoms with Crippen LogP contribution in [0.2, 0.25) is 15.1 Å². The number of carbonyl (C=O) groups excluding carboxylic acids is 1. The van der Waals surface area contributed by atoms with E-state index in [2.05, 4.69) is 15.3 Å². The monoisotopic (exact) mass is 534 g/mol. The Hall–Kier alpha value is -1.98.